The lowest BCUT2D eigenvalue weighted by Gasteiger charge is -2.20. The summed E-state index contributed by atoms with van der Waals surface area (Å²) in [6, 6.07) is 17.3. The maximum Gasteiger partial charge on any atom is 0.217 e. The van der Waals surface area contributed by atoms with Gasteiger partial charge in [0.15, 0.2) is 12.4 Å². The topological polar surface area (TPSA) is 57.1 Å². The van der Waals surface area contributed by atoms with E-state index >= 15 is 0 Å². The Bertz CT molecular complexity index is 1300. The molecular weight excluding hydrogens is 382 g/mol. The zero-order chi connectivity index (χ0) is 20.8. The maximum atomic E-state index is 13.4. The van der Waals surface area contributed by atoms with E-state index in [9.17, 15) is 8.42 Å². The summed E-state index contributed by atoms with van der Waals surface area (Å²) in [5, 5.41) is 0.942. The summed E-state index contributed by atoms with van der Waals surface area (Å²) in [7, 11) is -2.06. The molecule has 0 spiro atoms. The first-order chi connectivity index (χ1) is 13.8. The Kier molecular flexibility index (Phi) is 4.67. The van der Waals surface area contributed by atoms with Crippen molar-refractivity contribution in [3.8, 4) is 5.69 Å². The molecule has 0 atom stereocenters. The van der Waals surface area contributed by atoms with Gasteiger partial charge >= 0.3 is 0 Å². The number of fused-ring (bicyclic) bond motifs is 1. The summed E-state index contributed by atoms with van der Waals surface area (Å²) < 4.78 is 34.8. The number of hydrogen-bond acceptors (Lipinski definition) is 2. The van der Waals surface area contributed by atoms with E-state index in [1.807, 2.05) is 104 Å². The third-order valence-electron chi connectivity index (χ3n) is 5.09. The molecule has 148 valence electrons. The smallest absolute Gasteiger partial charge is 0.217 e. The minimum Gasteiger partial charge on any atom is -0.440 e. The molecule has 4 aromatic rings. The van der Waals surface area contributed by atoms with Crippen molar-refractivity contribution in [2.24, 2.45) is 7.05 Å². The predicted octanol–water partition coefficient (Wildman–Crippen LogP) is 4.77. The molecule has 2 heterocycles. The van der Waals surface area contributed by atoms with Crippen LogP contribution in [0.5, 0.6) is 0 Å². The molecule has 0 aliphatic carbocycles. The van der Waals surface area contributed by atoms with Crippen LogP contribution in [0.2, 0.25) is 0 Å². The second-order valence-corrected chi connectivity index (χ2v) is 8.87. The first kappa shape index (κ1) is 19.2. The number of sulfonamides is 1. The van der Waals surface area contributed by atoms with Crippen LogP contribution in [0, 0.1) is 20.8 Å². The van der Waals surface area contributed by atoms with E-state index in [2.05, 4.69) is 4.72 Å². The Morgan fingerprint density at radius 3 is 2.17 bits per heavy atom. The van der Waals surface area contributed by atoms with E-state index in [4.69, 9.17) is 0 Å². The summed E-state index contributed by atoms with van der Waals surface area (Å²) in [5.41, 5.74) is 4.11. The largest absolute Gasteiger partial charge is 0.440 e. The molecule has 0 aliphatic rings. The summed E-state index contributed by atoms with van der Waals surface area (Å²) >= 11 is 0. The maximum absolute atomic E-state index is 13.4. The second kappa shape index (κ2) is 7.04. The lowest BCUT2D eigenvalue weighted by Crippen LogP contribution is -2.29. The number of hydrogen-bond donors (Lipinski definition) is 0. The highest BCUT2D eigenvalue weighted by Crippen LogP contribution is 2.39. The fraction of sp³-hybridized carbons (Fsp3) is 0.174. The highest BCUT2D eigenvalue weighted by molar-refractivity contribution is 7.94. The zero-order valence-corrected chi connectivity index (χ0v) is 17.7. The van der Waals surface area contributed by atoms with Gasteiger partial charge in [-0.05, 0) is 43.5 Å². The molecule has 0 saturated heterocycles. The van der Waals surface area contributed by atoms with Crippen molar-refractivity contribution in [1.82, 2.24) is 4.57 Å². The van der Waals surface area contributed by atoms with Crippen LogP contribution in [0.15, 0.2) is 71.9 Å². The summed E-state index contributed by atoms with van der Waals surface area (Å²) in [5.74, 6) is 0.404. The van der Waals surface area contributed by atoms with E-state index in [-0.39, 0.29) is 4.90 Å². The Morgan fingerprint density at radius 2 is 1.52 bits per heavy atom. The van der Waals surface area contributed by atoms with Crippen LogP contribution >= 0.6 is 0 Å². The van der Waals surface area contributed by atoms with Gasteiger partial charge in [-0.1, -0.05) is 49.0 Å². The molecule has 5 nitrogen and oxygen atoms in total. The van der Waals surface area contributed by atoms with Gasteiger partial charge in [0.05, 0.1) is 4.90 Å². The molecule has 29 heavy (non-hydrogen) atoms. The zero-order valence-electron chi connectivity index (χ0n) is 16.9. The van der Waals surface area contributed by atoms with Crippen LogP contribution in [0.3, 0.4) is 0 Å². The average Bonchev–Trinajstić information content (AvgIpc) is 2.93. The minimum atomic E-state index is -3.90. The summed E-state index contributed by atoms with van der Waals surface area (Å²) in [6.45, 7) is 5.59. The predicted molar refractivity (Wildman–Crippen MR) is 115 cm³/mol. The first-order valence-corrected chi connectivity index (χ1v) is 10.8. The monoisotopic (exact) mass is 405 g/mol. The third-order valence-corrected chi connectivity index (χ3v) is 6.67. The van der Waals surface area contributed by atoms with Crippen LogP contribution in [0.25, 0.3) is 21.3 Å². The van der Waals surface area contributed by atoms with Gasteiger partial charge in [-0.25, -0.2) is 8.42 Å². The Hall–Kier alpha value is -3.12. The number of para-hydroxylation sites is 1. The van der Waals surface area contributed by atoms with Crippen LogP contribution in [-0.4, -0.2) is 13.0 Å². The summed E-state index contributed by atoms with van der Waals surface area (Å²) in [6.07, 6.45) is 3.80. The molecule has 0 aliphatic heterocycles. The lowest BCUT2D eigenvalue weighted by atomic mass is 10.1. The SMILES string of the molecule is Cc1cc(C)c(S(=O)(=O)[N-]c2c(-[n+]3ccccc3)c3ccccc3n2C)c(C)c1. The van der Waals surface area contributed by atoms with Gasteiger partial charge in [0.2, 0.25) is 15.7 Å². The number of pyridine rings is 1. The standard InChI is InChI=1S/C23H23N3O2S/c1-16-14-17(2)22(18(3)15-16)29(27,28)24-23-21(26-12-8-5-9-13-26)19-10-6-7-11-20(19)25(23)4/h5-15H,1-4H3. The molecule has 0 fully saturated rings. The average molecular weight is 406 g/mol. The van der Waals surface area contributed by atoms with Gasteiger partial charge in [0, 0.05) is 23.3 Å². The fourth-order valence-electron chi connectivity index (χ4n) is 4.00. The molecule has 0 bridgehead atoms. The second-order valence-electron chi connectivity index (χ2n) is 7.33. The van der Waals surface area contributed by atoms with Gasteiger partial charge in [0.25, 0.3) is 0 Å². The molecule has 0 saturated carbocycles. The molecule has 0 unspecified atom stereocenters. The van der Waals surface area contributed by atoms with Gasteiger partial charge in [0.1, 0.15) is 0 Å². The Labute approximate surface area is 171 Å². The number of rotatable bonds is 4. The fourth-order valence-corrected chi connectivity index (χ4v) is 5.46. The minimum absolute atomic E-state index is 0.275. The van der Waals surface area contributed by atoms with Gasteiger partial charge in [-0.2, -0.15) is 4.57 Å². The van der Waals surface area contributed by atoms with Crippen molar-refractivity contribution in [3.63, 3.8) is 0 Å². The van der Waals surface area contributed by atoms with Crippen LogP contribution in [0.1, 0.15) is 16.7 Å². The van der Waals surface area contributed by atoms with Crippen molar-refractivity contribution >= 4 is 26.7 Å². The highest BCUT2D eigenvalue weighted by atomic mass is 32.2. The first-order valence-electron chi connectivity index (χ1n) is 9.39. The third kappa shape index (κ3) is 3.29. The number of aryl methyl sites for hydroxylation is 4. The molecule has 0 radical (unpaired) electrons. The molecule has 2 aromatic carbocycles. The van der Waals surface area contributed by atoms with Crippen molar-refractivity contribution < 1.29 is 13.0 Å². The Balaban J connectivity index is 1.95. The molecule has 0 amide bonds. The molecule has 2 aromatic heterocycles. The van der Waals surface area contributed by atoms with Crippen LogP contribution in [0.4, 0.5) is 5.82 Å². The van der Waals surface area contributed by atoms with Crippen molar-refractivity contribution in [1.29, 1.82) is 0 Å². The van der Waals surface area contributed by atoms with E-state index in [1.54, 1.807) is 0 Å². The normalized spacial score (nSPS) is 11.7. The molecular formula is C23H23N3O2S. The van der Waals surface area contributed by atoms with E-state index in [1.165, 1.54) is 0 Å². The highest BCUT2D eigenvalue weighted by Gasteiger charge is 2.23. The Morgan fingerprint density at radius 1 is 0.897 bits per heavy atom. The molecule has 6 heteroatoms. The van der Waals surface area contributed by atoms with Crippen LogP contribution in [-0.2, 0) is 17.1 Å². The lowest BCUT2D eigenvalue weighted by molar-refractivity contribution is -0.593. The molecule has 4 rings (SSSR count). The number of aromatic nitrogens is 2. The van der Waals surface area contributed by atoms with E-state index in [0.29, 0.717) is 16.9 Å². The van der Waals surface area contributed by atoms with Gasteiger partial charge < -0.3 is 9.29 Å². The van der Waals surface area contributed by atoms with E-state index in [0.717, 1.165) is 22.2 Å². The van der Waals surface area contributed by atoms with Crippen molar-refractivity contribution in [2.75, 3.05) is 0 Å². The van der Waals surface area contributed by atoms with Gasteiger partial charge in [-0.3, -0.25) is 0 Å². The van der Waals surface area contributed by atoms with Crippen molar-refractivity contribution in [3.05, 3.63) is 88.4 Å². The van der Waals surface area contributed by atoms with E-state index < -0.39 is 10.0 Å². The van der Waals surface area contributed by atoms with Crippen LogP contribution < -0.4 is 4.57 Å². The number of nitrogens with zero attached hydrogens (tertiary/aromatic N) is 3. The van der Waals surface area contributed by atoms with Gasteiger partial charge in [-0.15, -0.1) is 0 Å². The summed E-state index contributed by atoms with van der Waals surface area (Å²) in [4.78, 5) is 0.275. The van der Waals surface area contributed by atoms with Crippen molar-refractivity contribution in [2.45, 2.75) is 25.7 Å². The quantitative estimate of drug-likeness (QED) is 0.459. The number of benzene rings is 2. The molecule has 0 N–H and O–H groups in total.